The van der Waals surface area contributed by atoms with Crippen molar-refractivity contribution in [3.05, 3.63) is 29.8 Å². The van der Waals surface area contributed by atoms with E-state index in [1.165, 1.54) is 0 Å². The van der Waals surface area contributed by atoms with Crippen molar-refractivity contribution < 1.29 is 4.79 Å². The van der Waals surface area contributed by atoms with E-state index in [9.17, 15) is 4.79 Å². The average Bonchev–Trinajstić information content (AvgIpc) is 2.07. The van der Waals surface area contributed by atoms with Crippen molar-refractivity contribution in [3.8, 4) is 0 Å². The molecule has 0 atom stereocenters. The summed E-state index contributed by atoms with van der Waals surface area (Å²) in [6.45, 7) is 0. The minimum atomic E-state index is -0.0121. The number of nitrogens with zero attached hydrogens (tertiary/aromatic N) is 1. The van der Waals surface area contributed by atoms with Gasteiger partial charge in [0.2, 0.25) is 5.91 Å². The highest BCUT2D eigenvalue weighted by Gasteiger charge is 2.02. The predicted molar refractivity (Wildman–Crippen MR) is 59.2 cm³/mol. The van der Waals surface area contributed by atoms with E-state index in [-0.39, 0.29) is 5.91 Å². The smallest absolute Gasteiger partial charge is 0.238 e. The Hall–Kier alpha value is -1.00. The van der Waals surface area contributed by atoms with Gasteiger partial charge in [-0.2, -0.15) is 0 Å². The molecule has 1 aromatic carbocycles. The quantitative estimate of drug-likeness (QED) is 0.578. The van der Waals surface area contributed by atoms with E-state index in [0.29, 0.717) is 6.42 Å². The Labute approximate surface area is 89.5 Å². The largest absolute Gasteiger partial charge is 0.289 e. The van der Waals surface area contributed by atoms with Crippen molar-refractivity contribution in [1.82, 2.24) is 10.4 Å². The number of hydrazine groups is 1. The SMILES string of the molecule is CN(C)NC(=O)Cc1ccc(S)cc1. The number of thiol groups is 1. The summed E-state index contributed by atoms with van der Waals surface area (Å²) >= 11 is 4.17. The molecule has 1 aromatic rings. The van der Waals surface area contributed by atoms with Crippen molar-refractivity contribution >= 4 is 18.5 Å². The molecule has 0 aliphatic rings. The third-order valence-corrected chi connectivity index (χ3v) is 1.95. The topological polar surface area (TPSA) is 32.3 Å². The second-order valence-electron chi connectivity index (χ2n) is 3.27. The standard InChI is InChI=1S/C10H14N2OS/c1-12(2)11-10(13)7-8-3-5-9(14)6-4-8/h3-6,14H,7H2,1-2H3,(H,11,13). The van der Waals surface area contributed by atoms with Gasteiger partial charge in [0.05, 0.1) is 6.42 Å². The Morgan fingerprint density at radius 3 is 2.43 bits per heavy atom. The van der Waals surface area contributed by atoms with Gasteiger partial charge in [-0.25, -0.2) is 5.01 Å². The molecule has 0 spiro atoms. The van der Waals surface area contributed by atoms with E-state index in [1.54, 1.807) is 19.1 Å². The predicted octanol–water partition coefficient (Wildman–Crippen LogP) is 1.11. The zero-order valence-corrected chi connectivity index (χ0v) is 9.21. The van der Waals surface area contributed by atoms with Gasteiger partial charge in [0.15, 0.2) is 0 Å². The lowest BCUT2D eigenvalue weighted by Crippen LogP contribution is -2.37. The van der Waals surface area contributed by atoms with Crippen LogP contribution in [0.15, 0.2) is 29.2 Å². The summed E-state index contributed by atoms with van der Waals surface area (Å²) in [5, 5.41) is 1.63. The minimum Gasteiger partial charge on any atom is -0.289 e. The highest BCUT2D eigenvalue weighted by atomic mass is 32.1. The number of hydrogen-bond donors (Lipinski definition) is 2. The fourth-order valence-corrected chi connectivity index (χ4v) is 1.24. The zero-order valence-electron chi connectivity index (χ0n) is 8.32. The molecule has 0 saturated heterocycles. The molecular formula is C10H14N2OS. The Morgan fingerprint density at radius 2 is 1.93 bits per heavy atom. The lowest BCUT2D eigenvalue weighted by molar-refractivity contribution is -0.124. The van der Waals surface area contributed by atoms with E-state index in [2.05, 4.69) is 18.1 Å². The molecule has 0 bridgehead atoms. The monoisotopic (exact) mass is 210 g/mol. The fourth-order valence-electron chi connectivity index (χ4n) is 1.09. The summed E-state index contributed by atoms with van der Waals surface area (Å²) in [5.41, 5.74) is 3.67. The normalized spacial score (nSPS) is 10.3. The van der Waals surface area contributed by atoms with Crippen molar-refractivity contribution in [2.24, 2.45) is 0 Å². The van der Waals surface area contributed by atoms with Gasteiger partial charge in [-0.05, 0) is 17.7 Å². The van der Waals surface area contributed by atoms with Crippen LogP contribution in [0.4, 0.5) is 0 Å². The summed E-state index contributed by atoms with van der Waals surface area (Å²) in [7, 11) is 3.57. The Kier molecular flexibility index (Phi) is 3.98. The van der Waals surface area contributed by atoms with Gasteiger partial charge >= 0.3 is 0 Å². The molecule has 1 N–H and O–H groups in total. The second kappa shape index (κ2) is 5.02. The van der Waals surface area contributed by atoms with Crippen molar-refractivity contribution in [3.63, 3.8) is 0 Å². The van der Waals surface area contributed by atoms with Crippen LogP contribution in [0.2, 0.25) is 0 Å². The number of carbonyl (C=O) groups is 1. The van der Waals surface area contributed by atoms with Gasteiger partial charge in [0, 0.05) is 19.0 Å². The van der Waals surface area contributed by atoms with Gasteiger partial charge in [0.1, 0.15) is 0 Å². The molecule has 0 heterocycles. The van der Waals surface area contributed by atoms with Gasteiger partial charge in [-0.3, -0.25) is 10.2 Å². The summed E-state index contributed by atoms with van der Waals surface area (Å²) in [5.74, 6) is -0.0121. The molecule has 0 unspecified atom stereocenters. The van der Waals surface area contributed by atoms with Gasteiger partial charge < -0.3 is 0 Å². The first-order chi connectivity index (χ1) is 6.58. The molecule has 4 heteroatoms. The third-order valence-electron chi connectivity index (χ3n) is 1.65. The minimum absolute atomic E-state index is 0.0121. The first-order valence-corrected chi connectivity index (χ1v) is 4.77. The van der Waals surface area contributed by atoms with E-state index < -0.39 is 0 Å². The Balaban J connectivity index is 2.52. The number of rotatable bonds is 3. The van der Waals surface area contributed by atoms with Crippen LogP contribution in [0.5, 0.6) is 0 Å². The molecule has 0 fully saturated rings. The number of amides is 1. The van der Waals surface area contributed by atoms with Crippen LogP contribution in [0.3, 0.4) is 0 Å². The van der Waals surface area contributed by atoms with E-state index in [4.69, 9.17) is 0 Å². The van der Waals surface area contributed by atoms with Gasteiger partial charge in [-0.1, -0.05) is 12.1 Å². The maximum atomic E-state index is 11.3. The molecule has 0 saturated carbocycles. The van der Waals surface area contributed by atoms with Gasteiger partial charge in [0.25, 0.3) is 0 Å². The molecular weight excluding hydrogens is 196 g/mol. The van der Waals surface area contributed by atoms with Crippen LogP contribution in [0.25, 0.3) is 0 Å². The lowest BCUT2D eigenvalue weighted by atomic mass is 10.1. The van der Waals surface area contributed by atoms with Crippen LogP contribution >= 0.6 is 12.6 Å². The third kappa shape index (κ3) is 3.81. The molecule has 0 aliphatic heterocycles. The molecule has 14 heavy (non-hydrogen) atoms. The number of carbonyl (C=O) groups excluding carboxylic acids is 1. The molecule has 76 valence electrons. The molecule has 1 rings (SSSR count). The fraction of sp³-hybridized carbons (Fsp3) is 0.300. The van der Waals surface area contributed by atoms with Crippen molar-refractivity contribution in [1.29, 1.82) is 0 Å². The van der Waals surface area contributed by atoms with E-state index >= 15 is 0 Å². The molecule has 0 radical (unpaired) electrons. The van der Waals surface area contributed by atoms with E-state index in [1.807, 2.05) is 24.3 Å². The van der Waals surface area contributed by atoms with Crippen molar-refractivity contribution in [2.75, 3.05) is 14.1 Å². The number of nitrogens with one attached hydrogen (secondary N) is 1. The van der Waals surface area contributed by atoms with Crippen LogP contribution in [-0.4, -0.2) is 25.0 Å². The van der Waals surface area contributed by atoms with Crippen LogP contribution in [0, 0.1) is 0 Å². The highest BCUT2D eigenvalue weighted by Crippen LogP contribution is 2.07. The molecule has 3 nitrogen and oxygen atoms in total. The summed E-state index contributed by atoms with van der Waals surface area (Å²) in [6, 6.07) is 7.55. The van der Waals surface area contributed by atoms with Gasteiger partial charge in [-0.15, -0.1) is 12.6 Å². The average molecular weight is 210 g/mol. The van der Waals surface area contributed by atoms with Crippen molar-refractivity contribution in [2.45, 2.75) is 11.3 Å². The summed E-state index contributed by atoms with van der Waals surface area (Å²) < 4.78 is 0. The summed E-state index contributed by atoms with van der Waals surface area (Å²) in [6.07, 6.45) is 0.395. The molecule has 0 aromatic heterocycles. The Bertz CT molecular complexity index is 308. The Morgan fingerprint density at radius 1 is 1.36 bits per heavy atom. The molecule has 1 amide bonds. The van der Waals surface area contributed by atoms with Crippen LogP contribution in [-0.2, 0) is 11.2 Å². The van der Waals surface area contributed by atoms with Crippen LogP contribution < -0.4 is 5.43 Å². The lowest BCUT2D eigenvalue weighted by Gasteiger charge is -2.11. The maximum absolute atomic E-state index is 11.3. The number of hydrogen-bond acceptors (Lipinski definition) is 3. The number of benzene rings is 1. The first-order valence-electron chi connectivity index (χ1n) is 4.32. The highest BCUT2D eigenvalue weighted by molar-refractivity contribution is 7.80. The summed E-state index contributed by atoms with van der Waals surface area (Å²) in [4.78, 5) is 12.2. The van der Waals surface area contributed by atoms with E-state index in [0.717, 1.165) is 10.5 Å². The second-order valence-corrected chi connectivity index (χ2v) is 3.79. The first kappa shape index (κ1) is 11.1. The molecule has 0 aliphatic carbocycles. The maximum Gasteiger partial charge on any atom is 0.238 e. The van der Waals surface area contributed by atoms with Crippen LogP contribution in [0.1, 0.15) is 5.56 Å². The zero-order chi connectivity index (χ0) is 10.6.